The molecule has 1 aliphatic rings. The van der Waals surface area contributed by atoms with Gasteiger partial charge in [-0.2, -0.15) is 0 Å². The smallest absolute Gasteiger partial charge is 0.321 e. The lowest BCUT2D eigenvalue weighted by Gasteiger charge is -2.34. The maximum atomic E-state index is 11.6. The number of carboxylic acids is 1. The molecule has 9 nitrogen and oxygen atoms in total. The highest BCUT2D eigenvalue weighted by Crippen LogP contribution is 2.15. The normalized spacial score (nSPS) is 21.5. The number of nitrogens with zero attached hydrogens (tertiary/aromatic N) is 1. The van der Waals surface area contributed by atoms with Gasteiger partial charge in [-0.15, -0.1) is 0 Å². The number of nitrogens with one attached hydrogen (secondary N) is 2. The SMILES string of the molecule is CNC(=O)NC(=O)CCN1CCS(=O)(=O)CC1CC(=O)O. The zero-order valence-corrected chi connectivity index (χ0v) is 12.5. The Labute approximate surface area is 122 Å². The second-order valence-electron chi connectivity index (χ2n) is 4.78. The number of sulfone groups is 1. The molecule has 3 N–H and O–H groups in total. The Morgan fingerprint density at radius 2 is 2.00 bits per heavy atom. The maximum absolute atomic E-state index is 11.6. The first-order chi connectivity index (χ1) is 9.73. The summed E-state index contributed by atoms with van der Waals surface area (Å²) in [6, 6.07) is -1.27. The molecule has 1 aliphatic heterocycles. The van der Waals surface area contributed by atoms with Gasteiger partial charge in [0.1, 0.15) is 0 Å². The molecule has 1 atom stereocenters. The van der Waals surface area contributed by atoms with Crippen molar-refractivity contribution in [2.75, 3.05) is 31.6 Å². The zero-order valence-electron chi connectivity index (χ0n) is 11.7. The van der Waals surface area contributed by atoms with Gasteiger partial charge in [0.25, 0.3) is 0 Å². The number of aliphatic carboxylic acids is 1. The summed E-state index contributed by atoms with van der Waals surface area (Å²) >= 11 is 0. The fourth-order valence-corrected chi connectivity index (χ4v) is 3.70. The number of carbonyl (C=O) groups is 3. The first-order valence-electron chi connectivity index (χ1n) is 6.41. The molecule has 0 radical (unpaired) electrons. The summed E-state index contributed by atoms with van der Waals surface area (Å²) in [5.41, 5.74) is 0. The lowest BCUT2D eigenvalue weighted by Crippen LogP contribution is -2.50. The quantitative estimate of drug-likeness (QED) is 0.555. The monoisotopic (exact) mass is 321 g/mol. The summed E-state index contributed by atoms with van der Waals surface area (Å²) in [5.74, 6) is -1.87. The van der Waals surface area contributed by atoms with E-state index in [-0.39, 0.29) is 37.4 Å². The molecule has 0 bridgehead atoms. The Hall–Kier alpha value is -1.68. The van der Waals surface area contributed by atoms with Gasteiger partial charge in [-0.3, -0.25) is 19.8 Å². The summed E-state index contributed by atoms with van der Waals surface area (Å²) < 4.78 is 23.1. The number of hydrogen-bond donors (Lipinski definition) is 3. The predicted molar refractivity (Wildman–Crippen MR) is 73.5 cm³/mol. The molecular weight excluding hydrogens is 302 g/mol. The number of imide groups is 1. The van der Waals surface area contributed by atoms with Crippen molar-refractivity contribution in [3.8, 4) is 0 Å². The predicted octanol–water partition coefficient (Wildman–Crippen LogP) is -1.59. The van der Waals surface area contributed by atoms with Gasteiger partial charge in [0, 0.05) is 32.6 Å². The van der Waals surface area contributed by atoms with Crippen molar-refractivity contribution in [2.24, 2.45) is 0 Å². The number of urea groups is 1. The Morgan fingerprint density at radius 1 is 1.33 bits per heavy atom. The average molecular weight is 321 g/mol. The molecule has 0 aromatic heterocycles. The van der Waals surface area contributed by atoms with E-state index in [0.29, 0.717) is 0 Å². The maximum Gasteiger partial charge on any atom is 0.321 e. The summed E-state index contributed by atoms with van der Waals surface area (Å²) in [7, 11) is -1.87. The molecule has 120 valence electrons. The number of carboxylic acid groups (broad SMARTS) is 1. The minimum absolute atomic E-state index is 0.0103. The van der Waals surface area contributed by atoms with E-state index in [9.17, 15) is 22.8 Å². The number of rotatable bonds is 5. The van der Waals surface area contributed by atoms with E-state index in [4.69, 9.17) is 5.11 Å². The van der Waals surface area contributed by atoms with Gasteiger partial charge in [0.2, 0.25) is 5.91 Å². The topological polar surface area (TPSA) is 133 Å². The molecule has 1 heterocycles. The van der Waals surface area contributed by atoms with E-state index in [0.717, 1.165) is 0 Å². The third-order valence-electron chi connectivity index (χ3n) is 3.17. The second kappa shape index (κ2) is 7.36. The number of hydrogen-bond acceptors (Lipinski definition) is 6. The van der Waals surface area contributed by atoms with Gasteiger partial charge < -0.3 is 10.4 Å². The van der Waals surface area contributed by atoms with Crippen molar-refractivity contribution in [2.45, 2.75) is 18.9 Å². The van der Waals surface area contributed by atoms with Crippen LogP contribution >= 0.6 is 0 Å². The molecule has 1 unspecified atom stereocenters. The largest absolute Gasteiger partial charge is 0.481 e. The van der Waals surface area contributed by atoms with Gasteiger partial charge in [-0.05, 0) is 0 Å². The Bertz CT molecular complexity index is 518. The molecule has 1 rings (SSSR count). The highest BCUT2D eigenvalue weighted by molar-refractivity contribution is 7.91. The minimum atomic E-state index is -3.24. The van der Waals surface area contributed by atoms with E-state index in [2.05, 4.69) is 10.6 Å². The van der Waals surface area contributed by atoms with Crippen LogP contribution in [0.15, 0.2) is 0 Å². The fourth-order valence-electron chi connectivity index (χ4n) is 2.10. The first-order valence-corrected chi connectivity index (χ1v) is 8.23. The van der Waals surface area contributed by atoms with Gasteiger partial charge in [-0.25, -0.2) is 13.2 Å². The van der Waals surface area contributed by atoms with Crippen LogP contribution in [0.1, 0.15) is 12.8 Å². The third kappa shape index (κ3) is 6.08. The van der Waals surface area contributed by atoms with Crippen molar-refractivity contribution in [3.63, 3.8) is 0 Å². The molecule has 0 aromatic carbocycles. The average Bonchev–Trinajstić information content (AvgIpc) is 2.36. The van der Waals surface area contributed by atoms with Crippen molar-refractivity contribution in [1.29, 1.82) is 0 Å². The lowest BCUT2D eigenvalue weighted by atomic mass is 10.2. The van der Waals surface area contributed by atoms with Crippen molar-refractivity contribution in [3.05, 3.63) is 0 Å². The van der Waals surface area contributed by atoms with E-state index in [1.54, 1.807) is 4.90 Å². The van der Waals surface area contributed by atoms with Crippen molar-refractivity contribution < 1.29 is 27.9 Å². The fraction of sp³-hybridized carbons (Fsp3) is 0.727. The highest BCUT2D eigenvalue weighted by Gasteiger charge is 2.32. The second-order valence-corrected chi connectivity index (χ2v) is 7.01. The van der Waals surface area contributed by atoms with Crippen LogP contribution in [0.3, 0.4) is 0 Å². The number of amides is 3. The lowest BCUT2D eigenvalue weighted by molar-refractivity contribution is -0.138. The van der Waals surface area contributed by atoms with Gasteiger partial charge in [0.15, 0.2) is 9.84 Å². The molecule has 0 saturated carbocycles. The van der Waals surface area contributed by atoms with Crippen LogP contribution in [-0.4, -0.2) is 74.0 Å². The Balaban J connectivity index is 2.56. The third-order valence-corrected chi connectivity index (χ3v) is 4.87. The summed E-state index contributed by atoms with van der Waals surface area (Å²) in [5, 5.41) is 13.2. The Kier molecular flexibility index (Phi) is 6.09. The molecule has 0 spiro atoms. The van der Waals surface area contributed by atoms with Crippen molar-refractivity contribution >= 4 is 27.7 Å². The van der Waals surface area contributed by atoms with Crippen LogP contribution in [0.4, 0.5) is 4.79 Å². The first kappa shape index (κ1) is 17.4. The summed E-state index contributed by atoms with van der Waals surface area (Å²) in [6.07, 6.45) is -0.306. The number of carbonyl (C=O) groups excluding carboxylic acids is 2. The van der Waals surface area contributed by atoms with Crippen LogP contribution in [0, 0.1) is 0 Å². The molecule has 0 aromatic rings. The molecule has 3 amide bonds. The molecule has 21 heavy (non-hydrogen) atoms. The minimum Gasteiger partial charge on any atom is -0.481 e. The highest BCUT2D eigenvalue weighted by atomic mass is 32.2. The molecule has 1 saturated heterocycles. The Morgan fingerprint density at radius 3 is 2.57 bits per heavy atom. The van der Waals surface area contributed by atoms with Crippen LogP contribution in [-0.2, 0) is 19.4 Å². The van der Waals surface area contributed by atoms with E-state index < -0.39 is 33.8 Å². The molecule has 1 fully saturated rings. The summed E-state index contributed by atoms with van der Waals surface area (Å²) in [4.78, 5) is 34.9. The van der Waals surface area contributed by atoms with Crippen LogP contribution < -0.4 is 10.6 Å². The van der Waals surface area contributed by atoms with E-state index in [1.807, 2.05) is 0 Å². The van der Waals surface area contributed by atoms with Gasteiger partial charge in [-0.1, -0.05) is 0 Å². The van der Waals surface area contributed by atoms with Gasteiger partial charge >= 0.3 is 12.0 Å². The van der Waals surface area contributed by atoms with E-state index in [1.165, 1.54) is 7.05 Å². The molecule has 10 heteroatoms. The molecule has 0 aliphatic carbocycles. The summed E-state index contributed by atoms with van der Waals surface area (Å²) in [6.45, 7) is 0.393. The van der Waals surface area contributed by atoms with Gasteiger partial charge in [0.05, 0.1) is 17.9 Å². The van der Waals surface area contributed by atoms with Crippen molar-refractivity contribution in [1.82, 2.24) is 15.5 Å². The van der Waals surface area contributed by atoms with E-state index >= 15 is 0 Å². The van der Waals surface area contributed by atoms with Crippen LogP contribution in [0.2, 0.25) is 0 Å². The standard InChI is InChI=1S/C11H19N3O6S/c1-12-11(18)13-9(15)2-3-14-4-5-21(19,20)7-8(14)6-10(16)17/h8H,2-7H2,1H3,(H,16,17)(H2,12,13,15,18). The molecular formula is C11H19N3O6S. The van der Waals surface area contributed by atoms with Crippen LogP contribution in [0.25, 0.3) is 0 Å². The van der Waals surface area contributed by atoms with Crippen LogP contribution in [0.5, 0.6) is 0 Å². The zero-order chi connectivity index (χ0) is 16.0.